The number of ether oxygens (including phenoxy) is 1. The molecule has 0 spiro atoms. The fourth-order valence-corrected chi connectivity index (χ4v) is 3.85. The van der Waals surface area contributed by atoms with Gasteiger partial charge < -0.3 is 10.1 Å². The summed E-state index contributed by atoms with van der Waals surface area (Å²) in [7, 11) is 0. The van der Waals surface area contributed by atoms with Gasteiger partial charge in [-0.25, -0.2) is 9.37 Å². The number of para-hydroxylation sites is 1. The fraction of sp³-hybridized carbons (Fsp3) is 0.185. The van der Waals surface area contributed by atoms with Gasteiger partial charge in [0.25, 0.3) is 11.5 Å². The molecular weight excluding hydrogens is 527 g/mol. The normalized spacial score (nSPS) is 12.1. The highest BCUT2D eigenvalue weighted by Gasteiger charge is 2.16. The van der Waals surface area contributed by atoms with E-state index >= 15 is 0 Å². The summed E-state index contributed by atoms with van der Waals surface area (Å²) in [6.07, 6.45) is 2.30. The first kappa shape index (κ1) is 25.2. The lowest BCUT2D eigenvalue weighted by Crippen LogP contribution is -2.24. The summed E-state index contributed by atoms with van der Waals surface area (Å²) >= 11 is 3.41. The summed E-state index contributed by atoms with van der Waals surface area (Å²) in [6, 6.07) is 17.9. The minimum Gasteiger partial charge on any atom is -0.483 e. The summed E-state index contributed by atoms with van der Waals surface area (Å²) in [4.78, 5) is 30.3. The molecule has 1 atom stereocenters. The van der Waals surface area contributed by atoms with Crippen molar-refractivity contribution in [1.82, 2.24) is 9.66 Å². The lowest BCUT2D eigenvalue weighted by molar-refractivity contribution is -0.118. The van der Waals surface area contributed by atoms with E-state index in [0.29, 0.717) is 33.7 Å². The molecule has 9 heteroatoms. The van der Waals surface area contributed by atoms with E-state index in [2.05, 4.69) is 26.3 Å². The van der Waals surface area contributed by atoms with Crippen LogP contribution < -0.4 is 15.6 Å². The molecule has 1 aromatic heterocycles. The summed E-state index contributed by atoms with van der Waals surface area (Å²) in [5, 5.41) is 7.58. The van der Waals surface area contributed by atoms with Gasteiger partial charge in [0.05, 0.1) is 17.1 Å². The molecule has 184 valence electrons. The van der Waals surface area contributed by atoms with E-state index in [4.69, 9.17) is 9.72 Å². The van der Waals surface area contributed by atoms with Gasteiger partial charge in [-0.05, 0) is 61.0 Å². The Bertz CT molecular complexity index is 1490. The number of fused-ring (bicyclic) bond motifs is 1. The maximum atomic E-state index is 13.3. The third kappa shape index (κ3) is 5.85. The molecular formula is C27H24BrFN4O3. The third-order valence-electron chi connectivity index (χ3n) is 5.60. The number of hydrogen-bond acceptors (Lipinski definition) is 5. The first-order valence-corrected chi connectivity index (χ1v) is 12.2. The van der Waals surface area contributed by atoms with Gasteiger partial charge in [-0.1, -0.05) is 41.9 Å². The Morgan fingerprint density at radius 2 is 1.94 bits per heavy atom. The largest absolute Gasteiger partial charge is 0.483 e. The van der Waals surface area contributed by atoms with Gasteiger partial charge in [0.1, 0.15) is 17.4 Å². The highest BCUT2D eigenvalue weighted by atomic mass is 79.9. The molecule has 0 unspecified atom stereocenters. The van der Waals surface area contributed by atoms with E-state index in [9.17, 15) is 14.0 Å². The van der Waals surface area contributed by atoms with Gasteiger partial charge in [-0.15, -0.1) is 0 Å². The summed E-state index contributed by atoms with van der Waals surface area (Å²) in [6.45, 7) is 3.76. The number of amides is 1. The van der Waals surface area contributed by atoms with Crippen LogP contribution >= 0.6 is 15.9 Å². The standard InChI is InChI=1S/C27H24BrFN4O3/c1-3-17(2)26-32-23-13-8-19(28)14-22(23)27(35)33(26)30-15-18-6-4-5-7-24(18)36-16-25(34)31-21-11-9-20(29)10-12-21/h4-15,17H,3,16H2,1-2H3,(H,31,34)/t17-/m1/s1. The molecule has 3 aromatic carbocycles. The zero-order valence-corrected chi connectivity index (χ0v) is 21.3. The third-order valence-corrected chi connectivity index (χ3v) is 6.10. The van der Waals surface area contributed by atoms with Crippen molar-refractivity contribution in [3.63, 3.8) is 0 Å². The smallest absolute Gasteiger partial charge is 0.282 e. The van der Waals surface area contributed by atoms with Gasteiger partial charge in [-0.2, -0.15) is 9.78 Å². The number of halogens is 2. The van der Waals surface area contributed by atoms with Crippen molar-refractivity contribution in [1.29, 1.82) is 0 Å². The van der Waals surface area contributed by atoms with Crippen molar-refractivity contribution in [2.75, 3.05) is 11.9 Å². The molecule has 0 saturated carbocycles. The Labute approximate surface area is 215 Å². The minimum absolute atomic E-state index is 0.00421. The molecule has 1 heterocycles. The van der Waals surface area contributed by atoms with Crippen LogP contribution in [-0.2, 0) is 4.79 Å². The molecule has 0 aliphatic rings. The van der Waals surface area contributed by atoms with Gasteiger partial charge >= 0.3 is 0 Å². The number of hydrogen-bond donors (Lipinski definition) is 1. The molecule has 0 fully saturated rings. The van der Waals surface area contributed by atoms with Crippen LogP contribution in [0.5, 0.6) is 5.75 Å². The minimum atomic E-state index is -0.395. The van der Waals surface area contributed by atoms with Crippen molar-refractivity contribution in [3.8, 4) is 5.75 Å². The van der Waals surface area contributed by atoms with Crippen molar-refractivity contribution >= 4 is 44.6 Å². The zero-order chi connectivity index (χ0) is 25.7. The van der Waals surface area contributed by atoms with Gasteiger partial charge in [-0.3, -0.25) is 9.59 Å². The van der Waals surface area contributed by atoms with Crippen LogP contribution in [0.15, 0.2) is 81.1 Å². The molecule has 1 amide bonds. The average molecular weight is 551 g/mol. The second kappa shape index (κ2) is 11.3. The van der Waals surface area contributed by atoms with Crippen molar-refractivity contribution in [3.05, 3.63) is 98.8 Å². The topological polar surface area (TPSA) is 85.6 Å². The lowest BCUT2D eigenvalue weighted by atomic mass is 10.1. The maximum absolute atomic E-state index is 13.3. The van der Waals surface area contributed by atoms with Crippen LogP contribution in [0.1, 0.15) is 37.6 Å². The molecule has 36 heavy (non-hydrogen) atoms. The van der Waals surface area contributed by atoms with Gasteiger partial charge in [0.15, 0.2) is 6.61 Å². The predicted molar refractivity (Wildman–Crippen MR) is 142 cm³/mol. The molecule has 0 saturated heterocycles. The van der Waals surface area contributed by atoms with Crippen LogP contribution in [0.25, 0.3) is 10.9 Å². The molecule has 0 aliphatic carbocycles. The quantitative estimate of drug-likeness (QED) is 0.284. The van der Waals surface area contributed by atoms with Crippen LogP contribution in [0.4, 0.5) is 10.1 Å². The lowest BCUT2D eigenvalue weighted by Gasteiger charge is -2.14. The molecule has 0 aliphatic heterocycles. The number of anilines is 1. The number of rotatable bonds is 8. The highest BCUT2D eigenvalue weighted by Crippen LogP contribution is 2.21. The van der Waals surface area contributed by atoms with Gasteiger partial charge in [0.2, 0.25) is 0 Å². The van der Waals surface area contributed by atoms with E-state index in [-0.39, 0.29) is 23.9 Å². The number of nitrogens with zero attached hydrogens (tertiary/aromatic N) is 3. The Hall–Kier alpha value is -3.85. The molecule has 1 N–H and O–H groups in total. The zero-order valence-electron chi connectivity index (χ0n) is 19.7. The Morgan fingerprint density at radius 3 is 2.69 bits per heavy atom. The van der Waals surface area contributed by atoms with E-state index in [0.717, 1.165) is 10.9 Å². The predicted octanol–water partition coefficient (Wildman–Crippen LogP) is 5.71. The van der Waals surface area contributed by atoms with E-state index in [1.165, 1.54) is 35.2 Å². The highest BCUT2D eigenvalue weighted by molar-refractivity contribution is 9.10. The Kier molecular flexibility index (Phi) is 7.90. The van der Waals surface area contributed by atoms with Crippen molar-refractivity contribution in [2.45, 2.75) is 26.2 Å². The average Bonchev–Trinajstić information content (AvgIpc) is 2.88. The second-order valence-corrected chi connectivity index (χ2v) is 9.10. The van der Waals surface area contributed by atoms with E-state index in [1.807, 2.05) is 19.9 Å². The monoisotopic (exact) mass is 550 g/mol. The summed E-state index contributed by atoms with van der Waals surface area (Å²) < 4.78 is 20.9. The number of carbonyl (C=O) groups is 1. The molecule has 4 rings (SSSR count). The summed E-state index contributed by atoms with van der Waals surface area (Å²) in [5.41, 5.74) is 1.39. The molecule has 4 aromatic rings. The number of carbonyl (C=O) groups excluding carboxylic acids is 1. The maximum Gasteiger partial charge on any atom is 0.282 e. The Morgan fingerprint density at radius 1 is 1.19 bits per heavy atom. The van der Waals surface area contributed by atoms with Gasteiger partial charge in [0, 0.05) is 21.6 Å². The first-order chi connectivity index (χ1) is 17.4. The van der Waals surface area contributed by atoms with E-state index < -0.39 is 5.91 Å². The number of nitrogens with one attached hydrogen (secondary N) is 1. The molecule has 0 bridgehead atoms. The van der Waals surface area contributed by atoms with Crippen molar-refractivity contribution in [2.24, 2.45) is 5.10 Å². The molecule has 0 radical (unpaired) electrons. The van der Waals surface area contributed by atoms with Crippen molar-refractivity contribution < 1.29 is 13.9 Å². The summed E-state index contributed by atoms with van der Waals surface area (Å²) in [5.74, 6) is 0.204. The number of aromatic nitrogens is 2. The fourth-order valence-electron chi connectivity index (χ4n) is 3.49. The SMILES string of the molecule is CC[C@@H](C)c1nc2ccc(Br)cc2c(=O)n1N=Cc1ccccc1OCC(=O)Nc1ccc(F)cc1. The van der Waals surface area contributed by atoms with Crippen LogP contribution in [0.3, 0.4) is 0 Å². The van der Waals surface area contributed by atoms with Crippen LogP contribution in [0, 0.1) is 5.82 Å². The van der Waals surface area contributed by atoms with Crippen LogP contribution in [0.2, 0.25) is 0 Å². The van der Waals surface area contributed by atoms with E-state index in [1.54, 1.807) is 36.4 Å². The first-order valence-electron chi connectivity index (χ1n) is 11.4. The second-order valence-electron chi connectivity index (χ2n) is 8.18. The number of benzene rings is 3. The molecule has 7 nitrogen and oxygen atoms in total. The van der Waals surface area contributed by atoms with Crippen LogP contribution in [-0.4, -0.2) is 28.4 Å². The Balaban J connectivity index is 1.59.